The van der Waals surface area contributed by atoms with Crippen LogP contribution in [0.15, 0.2) is 54.6 Å². The number of piperazine rings is 1. The minimum Gasteiger partial charge on any atom is -0.369 e. The van der Waals surface area contributed by atoms with Crippen LogP contribution in [-0.4, -0.2) is 55.1 Å². The zero-order valence-corrected chi connectivity index (χ0v) is 17.5. The number of thiazole rings is 1. The van der Waals surface area contributed by atoms with E-state index in [1.54, 1.807) is 11.3 Å². The van der Waals surface area contributed by atoms with Gasteiger partial charge in [-0.2, -0.15) is 0 Å². The topological polar surface area (TPSA) is 48.5 Å². The van der Waals surface area contributed by atoms with Crippen LogP contribution in [0.5, 0.6) is 0 Å². The zero-order chi connectivity index (χ0) is 19.9. The molecule has 5 nitrogen and oxygen atoms in total. The number of para-hydroxylation sites is 2. The van der Waals surface area contributed by atoms with Gasteiger partial charge in [-0.05, 0) is 37.2 Å². The molecule has 1 fully saturated rings. The Bertz CT molecular complexity index is 886. The van der Waals surface area contributed by atoms with E-state index in [-0.39, 0.29) is 5.91 Å². The molecule has 1 amide bonds. The molecule has 1 saturated heterocycles. The lowest BCUT2D eigenvalue weighted by Crippen LogP contribution is -2.47. The van der Waals surface area contributed by atoms with Crippen LogP contribution in [-0.2, 0) is 11.2 Å². The van der Waals surface area contributed by atoms with E-state index >= 15 is 0 Å². The van der Waals surface area contributed by atoms with Gasteiger partial charge in [-0.25, -0.2) is 4.98 Å². The Morgan fingerprint density at radius 3 is 2.55 bits per heavy atom. The van der Waals surface area contributed by atoms with E-state index in [1.807, 2.05) is 18.2 Å². The quantitative estimate of drug-likeness (QED) is 0.579. The molecule has 0 atom stereocenters. The lowest BCUT2D eigenvalue weighted by Gasteiger charge is -2.36. The predicted octanol–water partition coefficient (Wildman–Crippen LogP) is 3.56. The van der Waals surface area contributed by atoms with Crippen LogP contribution in [0.3, 0.4) is 0 Å². The molecule has 4 rings (SSSR count). The van der Waals surface area contributed by atoms with E-state index in [0.717, 1.165) is 56.2 Å². The molecule has 2 heterocycles. The number of hydrogen-bond donors (Lipinski definition) is 1. The largest absolute Gasteiger partial charge is 0.369 e. The molecular weight excluding hydrogens is 380 g/mol. The van der Waals surface area contributed by atoms with E-state index in [1.165, 1.54) is 10.4 Å². The first-order valence-corrected chi connectivity index (χ1v) is 11.2. The zero-order valence-electron chi connectivity index (χ0n) is 16.7. The maximum absolute atomic E-state index is 12.1. The first-order chi connectivity index (χ1) is 14.3. The molecule has 3 aromatic rings. The monoisotopic (exact) mass is 408 g/mol. The summed E-state index contributed by atoms with van der Waals surface area (Å²) >= 11 is 1.68. The van der Waals surface area contributed by atoms with Gasteiger partial charge < -0.3 is 10.2 Å². The fourth-order valence-electron chi connectivity index (χ4n) is 3.73. The number of anilines is 1. The van der Waals surface area contributed by atoms with Crippen molar-refractivity contribution in [2.24, 2.45) is 0 Å². The summed E-state index contributed by atoms with van der Waals surface area (Å²) in [7, 11) is 0. The van der Waals surface area contributed by atoms with Crippen molar-refractivity contribution in [3.05, 3.63) is 59.6 Å². The summed E-state index contributed by atoms with van der Waals surface area (Å²) in [5.74, 6) is 0.123. The summed E-state index contributed by atoms with van der Waals surface area (Å²) < 4.78 is 1.19. The third kappa shape index (κ3) is 5.55. The van der Waals surface area contributed by atoms with Crippen LogP contribution in [0.1, 0.15) is 17.8 Å². The van der Waals surface area contributed by atoms with Crippen molar-refractivity contribution in [2.75, 3.05) is 44.2 Å². The lowest BCUT2D eigenvalue weighted by molar-refractivity contribution is -0.121. The maximum atomic E-state index is 12.1. The number of nitrogens with zero attached hydrogens (tertiary/aromatic N) is 3. The summed E-state index contributed by atoms with van der Waals surface area (Å²) in [6, 6.07) is 18.7. The van der Waals surface area contributed by atoms with Gasteiger partial charge >= 0.3 is 0 Å². The molecule has 29 heavy (non-hydrogen) atoms. The molecule has 1 N–H and O–H groups in total. The van der Waals surface area contributed by atoms with Crippen molar-refractivity contribution in [1.82, 2.24) is 15.2 Å². The molecule has 6 heteroatoms. The number of rotatable bonds is 8. The number of fused-ring (bicyclic) bond motifs is 1. The predicted molar refractivity (Wildman–Crippen MR) is 121 cm³/mol. The molecule has 0 unspecified atom stereocenters. The van der Waals surface area contributed by atoms with Crippen LogP contribution >= 0.6 is 11.3 Å². The van der Waals surface area contributed by atoms with Crippen LogP contribution in [0.2, 0.25) is 0 Å². The average molecular weight is 409 g/mol. The van der Waals surface area contributed by atoms with Crippen molar-refractivity contribution in [3.63, 3.8) is 0 Å². The van der Waals surface area contributed by atoms with E-state index in [4.69, 9.17) is 0 Å². The Labute approximate surface area is 176 Å². The van der Waals surface area contributed by atoms with Gasteiger partial charge in [-0.1, -0.05) is 30.3 Å². The van der Waals surface area contributed by atoms with Gasteiger partial charge in [0.25, 0.3) is 0 Å². The number of aromatic nitrogens is 1. The second kappa shape index (κ2) is 9.85. The lowest BCUT2D eigenvalue weighted by atomic mass is 10.2. The standard InChI is InChI=1S/C23H28N4OS/c28-22(11-12-23-25-20-9-4-5-10-21(20)29-23)24-13-6-14-26-15-17-27(18-16-26)19-7-2-1-3-8-19/h1-5,7-10H,6,11-18H2,(H,24,28). The second-order valence-corrected chi connectivity index (χ2v) is 8.56. The highest BCUT2D eigenvalue weighted by atomic mass is 32.1. The minimum absolute atomic E-state index is 0.123. The minimum atomic E-state index is 0.123. The number of carbonyl (C=O) groups is 1. The number of carbonyl (C=O) groups excluding carboxylic acids is 1. The van der Waals surface area contributed by atoms with Crippen molar-refractivity contribution in [3.8, 4) is 0 Å². The van der Waals surface area contributed by atoms with Crippen LogP contribution in [0, 0.1) is 0 Å². The molecule has 0 radical (unpaired) electrons. The van der Waals surface area contributed by atoms with Gasteiger partial charge in [0.2, 0.25) is 5.91 Å². The molecular formula is C23H28N4OS. The first-order valence-electron chi connectivity index (χ1n) is 10.4. The Balaban J connectivity index is 1.10. The fourth-order valence-corrected chi connectivity index (χ4v) is 4.70. The number of hydrogen-bond acceptors (Lipinski definition) is 5. The molecule has 0 saturated carbocycles. The Hall–Kier alpha value is -2.44. The van der Waals surface area contributed by atoms with Crippen molar-refractivity contribution in [2.45, 2.75) is 19.3 Å². The molecule has 2 aromatic carbocycles. The third-order valence-electron chi connectivity index (χ3n) is 5.37. The van der Waals surface area contributed by atoms with E-state index in [9.17, 15) is 4.79 Å². The molecule has 152 valence electrons. The maximum Gasteiger partial charge on any atom is 0.220 e. The number of amides is 1. The van der Waals surface area contributed by atoms with Gasteiger partial charge in [0, 0.05) is 51.3 Å². The highest BCUT2D eigenvalue weighted by molar-refractivity contribution is 7.18. The molecule has 0 spiro atoms. The van der Waals surface area contributed by atoms with Gasteiger partial charge in [0.15, 0.2) is 0 Å². The Morgan fingerprint density at radius 1 is 1.00 bits per heavy atom. The number of nitrogens with one attached hydrogen (secondary N) is 1. The summed E-state index contributed by atoms with van der Waals surface area (Å²) in [6.45, 7) is 6.09. The van der Waals surface area contributed by atoms with Crippen LogP contribution in [0.4, 0.5) is 5.69 Å². The summed E-state index contributed by atoms with van der Waals surface area (Å²) in [4.78, 5) is 21.7. The highest BCUT2D eigenvalue weighted by Gasteiger charge is 2.16. The molecule has 0 bridgehead atoms. The Kier molecular flexibility index (Phi) is 6.75. The smallest absolute Gasteiger partial charge is 0.220 e. The van der Waals surface area contributed by atoms with Gasteiger partial charge in [0.1, 0.15) is 0 Å². The summed E-state index contributed by atoms with van der Waals surface area (Å²) in [5.41, 5.74) is 2.34. The highest BCUT2D eigenvalue weighted by Crippen LogP contribution is 2.22. The molecule has 0 aliphatic carbocycles. The summed E-state index contributed by atoms with van der Waals surface area (Å²) in [6.07, 6.45) is 2.22. The van der Waals surface area contributed by atoms with E-state index in [0.29, 0.717) is 12.8 Å². The van der Waals surface area contributed by atoms with Crippen molar-refractivity contribution >= 4 is 33.1 Å². The van der Waals surface area contributed by atoms with Gasteiger partial charge in [0.05, 0.1) is 15.2 Å². The number of benzene rings is 2. The van der Waals surface area contributed by atoms with Gasteiger partial charge in [-0.15, -0.1) is 11.3 Å². The average Bonchev–Trinajstić information content (AvgIpc) is 3.19. The second-order valence-electron chi connectivity index (χ2n) is 7.44. The molecule has 1 aliphatic heterocycles. The van der Waals surface area contributed by atoms with E-state index < -0.39 is 0 Å². The summed E-state index contributed by atoms with van der Waals surface area (Å²) in [5, 5.41) is 4.10. The molecule has 1 aromatic heterocycles. The van der Waals surface area contributed by atoms with Crippen molar-refractivity contribution < 1.29 is 4.79 Å². The first kappa shape index (κ1) is 19.9. The Morgan fingerprint density at radius 2 is 1.76 bits per heavy atom. The van der Waals surface area contributed by atoms with E-state index in [2.05, 4.69) is 56.5 Å². The van der Waals surface area contributed by atoms with Gasteiger partial charge in [-0.3, -0.25) is 9.69 Å². The fraction of sp³-hybridized carbons (Fsp3) is 0.391. The van der Waals surface area contributed by atoms with Crippen LogP contribution < -0.4 is 10.2 Å². The van der Waals surface area contributed by atoms with Crippen LogP contribution in [0.25, 0.3) is 10.2 Å². The third-order valence-corrected chi connectivity index (χ3v) is 6.47. The normalized spacial score (nSPS) is 15.0. The van der Waals surface area contributed by atoms with Crippen molar-refractivity contribution in [1.29, 1.82) is 0 Å². The number of aryl methyl sites for hydroxylation is 1. The SMILES string of the molecule is O=C(CCc1nc2ccccc2s1)NCCCN1CCN(c2ccccc2)CC1. The molecule has 1 aliphatic rings.